The van der Waals surface area contributed by atoms with Crippen molar-refractivity contribution in [1.29, 1.82) is 5.26 Å². The molecule has 4 unspecified atom stereocenters. The number of benzene rings is 1. The van der Waals surface area contributed by atoms with Crippen LogP contribution in [0.2, 0.25) is 0 Å². The highest BCUT2D eigenvalue weighted by atomic mass is 16.5. The van der Waals surface area contributed by atoms with Gasteiger partial charge < -0.3 is 10.5 Å². The number of hydrazine groups is 1. The number of nitriles is 1. The highest BCUT2D eigenvalue weighted by Gasteiger charge is 2.48. The monoisotopic (exact) mass is 298 g/mol. The highest BCUT2D eigenvalue weighted by Crippen LogP contribution is 2.43. The van der Waals surface area contributed by atoms with E-state index in [1.807, 2.05) is 0 Å². The molecule has 0 saturated carbocycles. The highest BCUT2D eigenvalue weighted by molar-refractivity contribution is 5.42. The third-order valence-corrected chi connectivity index (χ3v) is 4.60. The molecule has 0 spiro atoms. The number of allylic oxidation sites excluding steroid dienone is 1. The van der Waals surface area contributed by atoms with Gasteiger partial charge in [-0.15, -0.1) is 0 Å². The van der Waals surface area contributed by atoms with Gasteiger partial charge in [0.25, 0.3) is 0 Å². The Labute approximate surface area is 131 Å². The molecule has 2 heterocycles. The number of ether oxygens (including phenoxy) is 1. The Bertz CT molecular complexity index is 617. The molecule has 0 radical (unpaired) electrons. The Kier molecular flexibility index (Phi) is 4.06. The maximum atomic E-state index is 9.58. The van der Waals surface area contributed by atoms with Gasteiger partial charge in [0.1, 0.15) is 6.07 Å². The first-order valence-electron chi connectivity index (χ1n) is 7.79. The molecule has 2 aliphatic rings. The molecule has 1 fully saturated rings. The van der Waals surface area contributed by atoms with Crippen molar-refractivity contribution < 1.29 is 4.74 Å². The molecule has 4 N–H and O–H groups in total. The fourth-order valence-electron chi connectivity index (χ4n) is 3.52. The summed E-state index contributed by atoms with van der Waals surface area (Å²) >= 11 is 0. The molecule has 22 heavy (non-hydrogen) atoms. The van der Waals surface area contributed by atoms with E-state index < -0.39 is 0 Å². The Morgan fingerprint density at radius 2 is 2.00 bits per heavy atom. The van der Waals surface area contributed by atoms with E-state index in [2.05, 4.69) is 55.0 Å². The van der Waals surface area contributed by atoms with Crippen molar-refractivity contribution in [2.45, 2.75) is 44.9 Å². The fraction of sp³-hybridized carbons (Fsp3) is 0.471. The predicted octanol–water partition coefficient (Wildman–Crippen LogP) is 2.02. The van der Waals surface area contributed by atoms with Crippen LogP contribution in [0.3, 0.4) is 0 Å². The van der Waals surface area contributed by atoms with Gasteiger partial charge in [-0.3, -0.25) is 5.43 Å². The lowest BCUT2D eigenvalue weighted by molar-refractivity contribution is 0.0337. The van der Waals surface area contributed by atoms with Gasteiger partial charge in [0.15, 0.2) is 6.23 Å². The molecule has 4 atom stereocenters. The van der Waals surface area contributed by atoms with Gasteiger partial charge in [-0.1, -0.05) is 43.2 Å². The summed E-state index contributed by atoms with van der Waals surface area (Å²) in [6.45, 7) is 4.22. The summed E-state index contributed by atoms with van der Waals surface area (Å²) in [5.74, 6) is 0.355. The van der Waals surface area contributed by atoms with Crippen LogP contribution in [0.15, 0.2) is 35.7 Å². The second-order valence-electron chi connectivity index (χ2n) is 6.08. The summed E-state index contributed by atoms with van der Waals surface area (Å²) in [7, 11) is 0. The predicted molar refractivity (Wildman–Crippen MR) is 84.1 cm³/mol. The van der Waals surface area contributed by atoms with Gasteiger partial charge in [0, 0.05) is 17.9 Å². The molecule has 5 nitrogen and oxygen atoms in total. The summed E-state index contributed by atoms with van der Waals surface area (Å²) < 4.78 is 5.73. The first-order chi connectivity index (χ1) is 10.7. The lowest BCUT2D eigenvalue weighted by Crippen LogP contribution is -2.41. The summed E-state index contributed by atoms with van der Waals surface area (Å²) in [5.41, 5.74) is 15.3. The Morgan fingerprint density at radius 3 is 2.64 bits per heavy atom. The van der Waals surface area contributed by atoms with Gasteiger partial charge in [0.2, 0.25) is 5.88 Å². The van der Waals surface area contributed by atoms with E-state index in [1.54, 1.807) is 0 Å². The molecule has 1 aromatic carbocycles. The van der Waals surface area contributed by atoms with Crippen molar-refractivity contribution in [3.8, 4) is 6.07 Å². The molecule has 1 saturated heterocycles. The van der Waals surface area contributed by atoms with Crippen LogP contribution in [0.25, 0.3) is 0 Å². The molecular formula is C17H22N4O. The van der Waals surface area contributed by atoms with Crippen LogP contribution in [0.4, 0.5) is 0 Å². The lowest BCUT2D eigenvalue weighted by atomic mass is 9.74. The molecule has 0 aromatic heterocycles. The normalized spacial score (nSPS) is 30.6. The van der Waals surface area contributed by atoms with E-state index >= 15 is 0 Å². The number of rotatable bonds is 3. The number of fused-ring (bicyclic) bond motifs is 1. The maximum Gasteiger partial charge on any atom is 0.200 e. The first kappa shape index (κ1) is 14.9. The number of nitrogens with one attached hydrogen (secondary N) is 2. The third-order valence-electron chi connectivity index (χ3n) is 4.60. The van der Waals surface area contributed by atoms with Crippen LogP contribution in [0.1, 0.15) is 36.8 Å². The van der Waals surface area contributed by atoms with Gasteiger partial charge in [0.05, 0.1) is 5.57 Å². The van der Waals surface area contributed by atoms with Crippen LogP contribution < -0.4 is 16.6 Å². The van der Waals surface area contributed by atoms with Crippen molar-refractivity contribution in [2.24, 2.45) is 11.7 Å². The van der Waals surface area contributed by atoms with Crippen LogP contribution >= 0.6 is 0 Å². The zero-order chi connectivity index (χ0) is 15.7. The minimum atomic E-state index is -0.194. The zero-order valence-electron chi connectivity index (χ0n) is 13.0. The largest absolute Gasteiger partial charge is 0.458 e. The van der Waals surface area contributed by atoms with Gasteiger partial charge in [-0.25, -0.2) is 5.43 Å². The topological polar surface area (TPSA) is 83.1 Å². The minimum absolute atomic E-state index is 0.0385. The number of nitrogens with two attached hydrogens (primary N) is 1. The van der Waals surface area contributed by atoms with E-state index in [-0.39, 0.29) is 30.0 Å². The molecule has 0 aliphatic carbocycles. The number of hydrogen-bond donors (Lipinski definition) is 3. The molecule has 2 aliphatic heterocycles. The second kappa shape index (κ2) is 5.99. The van der Waals surface area contributed by atoms with Crippen molar-refractivity contribution in [3.63, 3.8) is 0 Å². The fourth-order valence-corrected chi connectivity index (χ4v) is 3.52. The Morgan fingerprint density at radius 1 is 1.27 bits per heavy atom. The van der Waals surface area contributed by atoms with Crippen LogP contribution in [-0.4, -0.2) is 12.3 Å². The molecule has 0 bridgehead atoms. The number of nitrogens with zero attached hydrogens (tertiary/aromatic N) is 1. The molecule has 3 rings (SSSR count). The van der Waals surface area contributed by atoms with Gasteiger partial charge in [-0.05, 0) is 18.9 Å². The molecular weight excluding hydrogens is 276 g/mol. The average molecular weight is 298 g/mol. The molecule has 0 amide bonds. The summed E-state index contributed by atoms with van der Waals surface area (Å²) in [6, 6.07) is 10.9. The standard InChI is InChI=1S/C17H22N4O/c1-3-4-13-15-14(11-7-5-10(2)6-8-11)12(9-18)16(19)22-17(15)21-20-13/h5-8,13-15,17,20-21H,3-4,19H2,1-2H3. The number of hydrogen-bond acceptors (Lipinski definition) is 5. The second-order valence-corrected chi connectivity index (χ2v) is 6.08. The molecule has 1 aromatic rings. The first-order valence-corrected chi connectivity index (χ1v) is 7.79. The lowest BCUT2D eigenvalue weighted by Gasteiger charge is -2.35. The van der Waals surface area contributed by atoms with Gasteiger partial charge in [-0.2, -0.15) is 5.26 Å². The van der Waals surface area contributed by atoms with Crippen molar-refractivity contribution in [2.75, 3.05) is 0 Å². The maximum absolute atomic E-state index is 9.58. The Balaban J connectivity index is 2.05. The van der Waals surface area contributed by atoms with Crippen LogP contribution in [0, 0.1) is 24.2 Å². The van der Waals surface area contributed by atoms with E-state index in [1.165, 1.54) is 5.56 Å². The smallest absolute Gasteiger partial charge is 0.200 e. The number of aryl methyl sites for hydroxylation is 1. The summed E-state index contributed by atoms with van der Waals surface area (Å²) in [5, 5.41) is 9.58. The van der Waals surface area contributed by atoms with E-state index in [0.717, 1.165) is 18.4 Å². The van der Waals surface area contributed by atoms with Crippen molar-refractivity contribution in [1.82, 2.24) is 10.9 Å². The van der Waals surface area contributed by atoms with E-state index in [0.29, 0.717) is 5.57 Å². The molecule has 116 valence electrons. The average Bonchev–Trinajstić information content (AvgIpc) is 2.90. The molecule has 5 heteroatoms. The van der Waals surface area contributed by atoms with E-state index in [4.69, 9.17) is 10.5 Å². The quantitative estimate of drug-likeness (QED) is 0.795. The Hall–Kier alpha value is -2.03. The van der Waals surface area contributed by atoms with Gasteiger partial charge >= 0.3 is 0 Å². The minimum Gasteiger partial charge on any atom is -0.458 e. The van der Waals surface area contributed by atoms with E-state index in [9.17, 15) is 5.26 Å². The van der Waals surface area contributed by atoms with Crippen molar-refractivity contribution >= 4 is 0 Å². The SMILES string of the molecule is CCCC1NNC2OC(N)=C(C#N)C(c3ccc(C)cc3)C12. The van der Waals surface area contributed by atoms with Crippen molar-refractivity contribution in [3.05, 3.63) is 46.8 Å². The third kappa shape index (κ3) is 2.45. The van der Waals surface area contributed by atoms with Crippen LogP contribution in [-0.2, 0) is 4.74 Å². The summed E-state index contributed by atoms with van der Waals surface area (Å²) in [6.07, 6.45) is 1.91. The van der Waals surface area contributed by atoms with Crippen LogP contribution in [0.5, 0.6) is 0 Å². The zero-order valence-corrected chi connectivity index (χ0v) is 13.0. The summed E-state index contributed by atoms with van der Waals surface area (Å²) in [4.78, 5) is 0.